The van der Waals surface area contributed by atoms with Crippen LogP contribution in [0.5, 0.6) is 5.75 Å². The molecule has 0 spiro atoms. The highest BCUT2D eigenvalue weighted by atomic mass is 35.5. The molecule has 0 saturated carbocycles. The number of hydrogen-bond donors (Lipinski definition) is 1. The Morgan fingerprint density at radius 2 is 2.24 bits per heavy atom. The highest BCUT2D eigenvalue weighted by Crippen LogP contribution is 2.25. The molecule has 1 amide bonds. The van der Waals surface area contributed by atoms with E-state index in [-0.39, 0.29) is 19.1 Å². The summed E-state index contributed by atoms with van der Waals surface area (Å²) in [4.78, 5) is 13.0. The Morgan fingerprint density at radius 1 is 1.53 bits per heavy atom. The second kappa shape index (κ2) is 6.47. The molecule has 0 unspecified atom stereocenters. The Bertz CT molecular complexity index is 395. The van der Waals surface area contributed by atoms with Crippen LogP contribution in [0.2, 0.25) is 5.02 Å². The molecule has 0 aliphatic heterocycles. The van der Waals surface area contributed by atoms with Crippen molar-refractivity contribution in [3.05, 3.63) is 28.8 Å². The third-order valence-electron chi connectivity index (χ3n) is 2.30. The number of benzene rings is 1. The molecule has 0 saturated heterocycles. The summed E-state index contributed by atoms with van der Waals surface area (Å²) in [5.41, 5.74) is 1.01. The van der Waals surface area contributed by atoms with Crippen LogP contribution in [0.3, 0.4) is 0 Å². The number of aryl methyl sites for hydroxylation is 1. The number of carbonyl (C=O) groups is 1. The van der Waals surface area contributed by atoms with Gasteiger partial charge in [0.1, 0.15) is 5.75 Å². The number of ether oxygens (including phenoxy) is 1. The first kappa shape index (κ1) is 13.8. The van der Waals surface area contributed by atoms with E-state index in [0.717, 1.165) is 5.56 Å². The largest absolute Gasteiger partial charge is 0.482 e. The summed E-state index contributed by atoms with van der Waals surface area (Å²) in [6, 6.07) is 5.38. The van der Waals surface area contributed by atoms with Crippen molar-refractivity contribution in [2.45, 2.75) is 6.92 Å². The summed E-state index contributed by atoms with van der Waals surface area (Å²) in [7, 11) is 1.61. The Hall–Kier alpha value is -1.26. The van der Waals surface area contributed by atoms with Crippen LogP contribution < -0.4 is 4.74 Å². The Balaban J connectivity index is 2.55. The van der Waals surface area contributed by atoms with Gasteiger partial charge in [-0.15, -0.1) is 0 Å². The molecule has 0 aliphatic carbocycles. The molecule has 1 aromatic rings. The maximum Gasteiger partial charge on any atom is 0.260 e. The van der Waals surface area contributed by atoms with Crippen molar-refractivity contribution >= 4 is 17.5 Å². The molecular formula is C12H16ClNO3. The van der Waals surface area contributed by atoms with Gasteiger partial charge in [0.25, 0.3) is 5.91 Å². The monoisotopic (exact) mass is 257 g/mol. The van der Waals surface area contributed by atoms with Crippen LogP contribution in [-0.4, -0.2) is 42.7 Å². The first-order valence-corrected chi connectivity index (χ1v) is 5.66. The summed E-state index contributed by atoms with van der Waals surface area (Å²) in [6.45, 7) is 2.07. The van der Waals surface area contributed by atoms with Gasteiger partial charge in [-0.25, -0.2) is 0 Å². The maximum atomic E-state index is 11.5. The standard InChI is InChI=1S/C12H16ClNO3/c1-9-3-4-10(13)11(7-9)17-8-12(16)14(2)5-6-15/h3-4,7,15H,5-6,8H2,1-2H3. The number of aliphatic hydroxyl groups is 1. The van der Waals surface area contributed by atoms with Crippen molar-refractivity contribution in [2.75, 3.05) is 26.8 Å². The van der Waals surface area contributed by atoms with Crippen molar-refractivity contribution < 1.29 is 14.6 Å². The number of halogens is 1. The maximum absolute atomic E-state index is 11.5. The number of aliphatic hydroxyl groups excluding tert-OH is 1. The highest BCUT2D eigenvalue weighted by Gasteiger charge is 2.10. The van der Waals surface area contributed by atoms with Gasteiger partial charge in [-0.05, 0) is 24.6 Å². The van der Waals surface area contributed by atoms with E-state index in [0.29, 0.717) is 17.3 Å². The van der Waals surface area contributed by atoms with E-state index >= 15 is 0 Å². The van der Waals surface area contributed by atoms with Crippen molar-refractivity contribution in [1.82, 2.24) is 4.90 Å². The predicted octanol–water partition coefficient (Wildman–Crippen LogP) is 1.48. The normalized spacial score (nSPS) is 10.1. The van der Waals surface area contributed by atoms with Crippen LogP contribution in [0.25, 0.3) is 0 Å². The molecule has 4 nitrogen and oxygen atoms in total. The Morgan fingerprint density at radius 3 is 2.88 bits per heavy atom. The smallest absolute Gasteiger partial charge is 0.260 e. The molecule has 1 rings (SSSR count). The number of nitrogens with zero attached hydrogens (tertiary/aromatic N) is 1. The predicted molar refractivity (Wildman–Crippen MR) is 66.4 cm³/mol. The van der Waals surface area contributed by atoms with Gasteiger partial charge in [-0.2, -0.15) is 0 Å². The fourth-order valence-electron chi connectivity index (χ4n) is 1.25. The molecule has 0 radical (unpaired) electrons. The molecule has 0 atom stereocenters. The number of likely N-dealkylation sites (N-methyl/N-ethyl adjacent to an activating group) is 1. The Labute approximate surface area is 106 Å². The van der Waals surface area contributed by atoms with E-state index in [1.165, 1.54) is 4.90 Å². The molecule has 0 fully saturated rings. The molecule has 17 heavy (non-hydrogen) atoms. The molecule has 0 aliphatic rings. The second-order valence-corrected chi connectivity index (χ2v) is 4.17. The van der Waals surface area contributed by atoms with E-state index in [1.807, 2.05) is 13.0 Å². The quantitative estimate of drug-likeness (QED) is 0.869. The van der Waals surface area contributed by atoms with Crippen LogP contribution in [-0.2, 0) is 4.79 Å². The van der Waals surface area contributed by atoms with E-state index in [2.05, 4.69) is 0 Å². The van der Waals surface area contributed by atoms with Crippen LogP contribution in [0.1, 0.15) is 5.56 Å². The lowest BCUT2D eigenvalue weighted by Gasteiger charge is -2.16. The number of hydrogen-bond acceptors (Lipinski definition) is 3. The van der Waals surface area contributed by atoms with Crippen LogP contribution in [0.15, 0.2) is 18.2 Å². The summed E-state index contributed by atoms with van der Waals surface area (Å²) in [5.74, 6) is 0.300. The van der Waals surface area contributed by atoms with Crippen LogP contribution in [0, 0.1) is 6.92 Å². The zero-order chi connectivity index (χ0) is 12.8. The third kappa shape index (κ3) is 4.24. The molecule has 0 aromatic heterocycles. The number of carbonyl (C=O) groups excluding carboxylic acids is 1. The SMILES string of the molecule is Cc1ccc(Cl)c(OCC(=O)N(C)CCO)c1. The average Bonchev–Trinajstić information content (AvgIpc) is 2.30. The minimum Gasteiger partial charge on any atom is -0.482 e. The Kier molecular flexibility index (Phi) is 5.25. The lowest BCUT2D eigenvalue weighted by atomic mass is 10.2. The van der Waals surface area contributed by atoms with E-state index in [1.54, 1.807) is 19.2 Å². The second-order valence-electron chi connectivity index (χ2n) is 3.76. The van der Waals surface area contributed by atoms with Crippen LogP contribution in [0.4, 0.5) is 0 Å². The van der Waals surface area contributed by atoms with Gasteiger partial charge in [-0.3, -0.25) is 4.79 Å². The minimum atomic E-state index is -0.198. The van der Waals surface area contributed by atoms with Crippen molar-refractivity contribution in [1.29, 1.82) is 0 Å². The molecule has 94 valence electrons. The molecule has 5 heteroatoms. The van der Waals surface area contributed by atoms with Gasteiger partial charge in [0.05, 0.1) is 11.6 Å². The fraction of sp³-hybridized carbons (Fsp3) is 0.417. The molecule has 1 N–H and O–H groups in total. The lowest BCUT2D eigenvalue weighted by molar-refractivity contribution is -0.132. The van der Waals surface area contributed by atoms with Gasteiger partial charge in [-0.1, -0.05) is 17.7 Å². The fourth-order valence-corrected chi connectivity index (χ4v) is 1.42. The zero-order valence-corrected chi connectivity index (χ0v) is 10.7. The highest BCUT2D eigenvalue weighted by molar-refractivity contribution is 6.32. The first-order chi connectivity index (χ1) is 8.04. The summed E-state index contributed by atoms with van der Waals surface area (Å²) in [6.07, 6.45) is 0. The third-order valence-corrected chi connectivity index (χ3v) is 2.61. The molecule has 1 aromatic carbocycles. The topological polar surface area (TPSA) is 49.8 Å². The van der Waals surface area contributed by atoms with E-state index < -0.39 is 0 Å². The van der Waals surface area contributed by atoms with Crippen molar-refractivity contribution in [3.63, 3.8) is 0 Å². The number of rotatable bonds is 5. The molecule has 0 heterocycles. The summed E-state index contributed by atoms with van der Waals surface area (Å²) < 4.78 is 5.34. The summed E-state index contributed by atoms with van der Waals surface area (Å²) >= 11 is 5.93. The first-order valence-electron chi connectivity index (χ1n) is 5.28. The average molecular weight is 258 g/mol. The zero-order valence-electron chi connectivity index (χ0n) is 9.94. The number of amides is 1. The minimum absolute atomic E-state index is 0.0621. The van der Waals surface area contributed by atoms with Crippen molar-refractivity contribution in [2.24, 2.45) is 0 Å². The van der Waals surface area contributed by atoms with Crippen molar-refractivity contribution in [3.8, 4) is 5.75 Å². The van der Waals surface area contributed by atoms with Gasteiger partial charge >= 0.3 is 0 Å². The molecule has 0 bridgehead atoms. The van der Waals surface area contributed by atoms with Gasteiger partial charge in [0, 0.05) is 13.6 Å². The molecular weight excluding hydrogens is 242 g/mol. The van der Waals surface area contributed by atoms with Crippen LogP contribution >= 0.6 is 11.6 Å². The van der Waals surface area contributed by atoms with E-state index in [9.17, 15) is 4.79 Å². The van der Waals surface area contributed by atoms with Gasteiger partial charge in [0.15, 0.2) is 6.61 Å². The lowest BCUT2D eigenvalue weighted by Crippen LogP contribution is -2.33. The summed E-state index contributed by atoms with van der Waals surface area (Å²) in [5, 5.41) is 9.18. The van der Waals surface area contributed by atoms with Gasteiger partial charge < -0.3 is 14.7 Å². The van der Waals surface area contributed by atoms with Gasteiger partial charge in [0.2, 0.25) is 0 Å². The van der Waals surface area contributed by atoms with E-state index in [4.69, 9.17) is 21.4 Å².